The molecule has 2 aliphatic rings. The molecule has 1 N–H and O–H groups in total. The Labute approximate surface area is 124 Å². The van der Waals surface area contributed by atoms with Crippen LogP contribution in [-0.4, -0.2) is 13.3 Å². The molecule has 0 spiro atoms. The molecular formula is C18H19NO2. The summed E-state index contributed by atoms with van der Waals surface area (Å²) in [7, 11) is 0. The molecule has 2 aromatic carbocycles. The van der Waals surface area contributed by atoms with E-state index in [2.05, 4.69) is 49.5 Å². The van der Waals surface area contributed by atoms with Gasteiger partial charge in [-0.3, -0.25) is 0 Å². The van der Waals surface area contributed by atoms with Crippen molar-refractivity contribution in [1.82, 2.24) is 5.32 Å². The SMILES string of the molecule is Cc1ccc(C)c(C2NCCc3cc4c(cc32)OCO4)c1. The Balaban J connectivity index is 1.85. The minimum absolute atomic E-state index is 0.239. The predicted molar refractivity (Wildman–Crippen MR) is 82.0 cm³/mol. The van der Waals surface area contributed by atoms with Crippen LogP contribution in [0.3, 0.4) is 0 Å². The fourth-order valence-corrected chi connectivity index (χ4v) is 3.29. The number of rotatable bonds is 1. The first-order chi connectivity index (χ1) is 10.2. The molecule has 1 unspecified atom stereocenters. The van der Waals surface area contributed by atoms with Crippen LogP contribution in [0.5, 0.6) is 11.5 Å². The van der Waals surface area contributed by atoms with Crippen molar-refractivity contribution in [3.63, 3.8) is 0 Å². The van der Waals surface area contributed by atoms with Crippen molar-refractivity contribution in [2.24, 2.45) is 0 Å². The van der Waals surface area contributed by atoms with Gasteiger partial charge in [0.25, 0.3) is 0 Å². The van der Waals surface area contributed by atoms with E-state index in [1.807, 2.05) is 0 Å². The van der Waals surface area contributed by atoms with Crippen molar-refractivity contribution < 1.29 is 9.47 Å². The van der Waals surface area contributed by atoms with Crippen molar-refractivity contribution in [1.29, 1.82) is 0 Å². The molecule has 2 aromatic rings. The van der Waals surface area contributed by atoms with Gasteiger partial charge in [0.05, 0.1) is 6.04 Å². The number of benzene rings is 2. The highest BCUT2D eigenvalue weighted by atomic mass is 16.7. The highest BCUT2D eigenvalue weighted by molar-refractivity contribution is 5.53. The van der Waals surface area contributed by atoms with Crippen LogP contribution >= 0.6 is 0 Å². The lowest BCUT2D eigenvalue weighted by Gasteiger charge is -2.29. The molecule has 0 bridgehead atoms. The molecule has 2 aliphatic heterocycles. The van der Waals surface area contributed by atoms with Gasteiger partial charge in [-0.2, -0.15) is 0 Å². The van der Waals surface area contributed by atoms with Crippen molar-refractivity contribution in [2.75, 3.05) is 13.3 Å². The predicted octanol–water partition coefficient (Wildman–Crippen LogP) is 3.27. The van der Waals surface area contributed by atoms with Gasteiger partial charge in [-0.1, -0.05) is 23.8 Å². The normalized spacial score (nSPS) is 19.4. The smallest absolute Gasteiger partial charge is 0.231 e. The molecular weight excluding hydrogens is 262 g/mol. The fraction of sp³-hybridized carbons (Fsp3) is 0.333. The monoisotopic (exact) mass is 281 g/mol. The molecule has 21 heavy (non-hydrogen) atoms. The maximum absolute atomic E-state index is 5.55. The Morgan fingerprint density at radius 3 is 2.67 bits per heavy atom. The Kier molecular flexibility index (Phi) is 2.89. The van der Waals surface area contributed by atoms with Crippen LogP contribution in [0, 0.1) is 13.8 Å². The van der Waals surface area contributed by atoms with E-state index < -0.39 is 0 Å². The van der Waals surface area contributed by atoms with Gasteiger partial charge in [-0.25, -0.2) is 0 Å². The first-order valence-corrected chi connectivity index (χ1v) is 7.45. The zero-order valence-electron chi connectivity index (χ0n) is 12.4. The van der Waals surface area contributed by atoms with Crippen LogP contribution in [0.15, 0.2) is 30.3 Å². The average molecular weight is 281 g/mol. The van der Waals surface area contributed by atoms with Crippen molar-refractivity contribution >= 4 is 0 Å². The summed E-state index contributed by atoms with van der Waals surface area (Å²) < 4.78 is 11.1. The number of aryl methyl sites for hydroxylation is 2. The van der Waals surface area contributed by atoms with Crippen LogP contribution in [0.4, 0.5) is 0 Å². The van der Waals surface area contributed by atoms with Gasteiger partial charge >= 0.3 is 0 Å². The van der Waals surface area contributed by atoms with Gasteiger partial charge in [0, 0.05) is 6.54 Å². The van der Waals surface area contributed by atoms with Crippen molar-refractivity contribution in [3.8, 4) is 11.5 Å². The van der Waals surface area contributed by atoms with E-state index >= 15 is 0 Å². The largest absolute Gasteiger partial charge is 0.454 e. The fourth-order valence-electron chi connectivity index (χ4n) is 3.29. The van der Waals surface area contributed by atoms with Crippen LogP contribution in [0.1, 0.15) is 33.9 Å². The van der Waals surface area contributed by atoms with Crippen LogP contribution in [0.2, 0.25) is 0 Å². The first kappa shape index (κ1) is 12.7. The van der Waals surface area contributed by atoms with Gasteiger partial charge in [-0.15, -0.1) is 0 Å². The lowest BCUT2D eigenvalue weighted by Crippen LogP contribution is -2.31. The second-order valence-corrected chi connectivity index (χ2v) is 5.90. The zero-order chi connectivity index (χ0) is 14.4. The third kappa shape index (κ3) is 2.09. The topological polar surface area (TPSA) is 30.5 Å². The molecule has 3 heteroatoms. The summed E-state index contributed by atoms with van der Waals surface area (Å²) in [6.45, 7) is 5.65. The third-order valence-corrected chi connectivity index (χ3v) is 4.43. The molecule has 1 atom stereocenters. The van der Waals surface area contributed by atoms with Crippen LogP contribution in [0.25, 0.3) is 0 Å². The first-order valence-electron chi connectivity index (χ1n) is 7.45. The summed E-state index contributed by atoms with van der Waals surface area (Å²) >= 11 is 0. The van der Waals surface area contributed by atoms with Gasteiger partial charge < -0.3 is 14.8 Å². The second-order valence-electron chi connectivity index (χ2n) is 5.90. The van der Waals surface area contributed by atoms with Crippen LogP contribution in [-0.2, 0) is 6.42 Å². The summed E-state index contributed by atoms with van der Waals surface area (Å²) in [4.78, 5) is 0. The van der Waals surface area contributed by atoms with E-state index in [0.717, 1.165) is 24.5 Å². The number of hydrogen-bond acceptors (Lipinski definition) is 3. The van der Waals surface area contributed by atoms with E-state index in [4.69, 9.17) is 9.47 Å². The molecule has 0 aromatic heterocycles. The maximum Gasteiger partial charge on any atom is 0.231 e. The summed E-state index contributed by atoms with van der Waals surface area (Å²) in [6, 6.07) is 11.2. The number of fused-ring (bicyclic) bond motifs is 2. The highest BCUT2D eigenvalue weighted by Crippen LogP contribution is 2.40. The molecule has 0 saturated carbocycles. The van der Waals surface area contributed by atoms with E-state index in [1.165, 1.54) is 27.8 Å². The summed E-state index contributed by atoms with van der Waals surface area (Å²) in [5, 5.41) is 3.65. The molecule has 0 radical (unpaired) electrons. The van der Waals surface area contributed by atoms with Gasteiger partial charge in [0.15, 0.2) is 11.5 Å². The Bertz CT molecular complexity index is 709. The quantitative estimate of drug-likeness (QED) is 0.870. The lowest BCUT2D eigenvalue weighted by atomic mass is 9.87. The van der Waals surface area contributed by atoms with Gasteiger partial charge in [0.1, 0.15) is 0 Å². The zero-order valence-corrected chi connectivity index (χ0v) is 12.4. The molecule has 0 fully saturated rings. The molecule has 108 valence electrons. The Hall–Kier alpha value is -2.00. The summed E-state index contributed by atoms with van der Waals surface area (Å²) in [5.41, 5.74) is 6.66. The van der Waals surface area contributed by atoms with E-state index in [1.54, 1.807) is 0 Å². The van der Waals surface area contributed by atoms with Gasteiger partial charge in [0.2, 0.25) is 6.79 Å². The van der Waals surface area contributed by atoms with Crippen molar-refractivity contribution in [3.05, 3.63) is 58.1 Å². The van der Waals surface area contributed by atoms with E-state index in [0.29, 0.717) is 6.79 Å². The Morgan fingerprint density at radius 1 is 1.00 bits per heavy atom. The molecule has 0 amide bonds. The average Bonchev–Trinajstić information content (AvgIpc) is 2.94. The summed E-state index contributed by atoms with van der Waals surface area (Å²) in [6.07, 6.45) is 1.04. The van der Waals surface area contributed by atoms with Gasteiger partial charge in [-0.05, 0) is 54.7 Å². The third-order valence-electron chi connectivity index (χ3n) is 4.43. The maximum atomic E-state index is 5.55. The Morgan fingerprint density at radius 2 is 1.81 bits per heavy atom. The molecule has 4 rings (SSSR count). The molecule has 0 aliphatic carbocycles. The number of ether oxygens (including phenoxy) is 2. The van der Waals surface area contributed by atoms with Crippen molar-refractivity contribution in [2.45, 2.75) is 26.3 Å². The number of hydrogen-bond donors (Lipinski definition) is 1. The standard InChI is InChI=1S/C18H19NO2/c1-11-3-4-12(2)14(7-11)18-15-9-17-16(20-10-21-17)8-13(15)5-6-19-18/h3-4,7-9,18-19H,5-6,10H2,1-2H3. The number of nitrogens with one attached hydrogen (secondary N) is 1. The lowest BCUT2D eigenvalue weighted by molar-refractivity contribution is 0.174. The molecule has 2 heterocycles. The van der Waals surface area contributed by atoms with E-state index in [-0.39, 0.29) is 6.04 Å². The highest BCUT2D eigenvalue weighted by Gasteiger charge is 2.26. The van der Waals surface area contributed by atoms with Crippen LogP contribution < -0.4 is 14.8 Å². The minimum Gasteiger partial charge on any atom is -0.454 e. The second kappa shape index (κ2) is 4.78. The summed E-state index contributed by atoms with van der Waals surface area (Å²) in [5.74, 6) is 1.75. The molecule has 0 saturated heterocycles. The minimum atomic E-state index is 0.239. The van der Waals surface area contributed by atoms with E-state index in [9.17, 15) is 0 Å². The molecule has 3 nitrogen and oxygen atoms in total.